The van der Waals surface area contributed by atoms with Crippen molar-refractivity contribution in [1.29, 1.82) is 0 Å². The van der Waals surface area contributed by atoms with Crippen LogP contribution in [0.5, 0.6) is 5.75 Å². The molecule has 15 heavy (non-hydrogen) atoms. The van der Waals surface area contributed by atoms with Gasteiger partial charge >= 0.3 is 23.1 Å². The Morgan fingerprint density at radius 2 is 2.00 bits per heavy atom. The third-order valence-electron chi connectivity index (χ3n) is 1.95. The standard InChI is InChI=1S/C12H17O.BrH.Mg/c1-3-4-5-10-13-12-8-6-11(2)7-9-12;;/h6-8H,3-5,10H2,1-2H3;1H;/q-1;;+2/p-1. The fourth-order valence-electron chi connectivity index (χ4n) is 1.11. The summed E-state index contributed by atoms with van der Waals surface area (Å²) in [6.07, 6.45) is 3.62. The van der Waals surface area contributed by atoms with Gasteiger partial charge in [-0.25, -0.2) is 0 Å². The minimum Gasteiger partial charge on any atom is -1.00 e. The van der Waals surface area contributed by atoms with Crippen LogP contribution in [0.4, 0.5) is 0 Å². The van der Waals surface area contributed by atoms with E-state index in [1.54, 1.807) is 0 Å². The molecule has 1 rings (SSSR count). The topological polar surface area (TPSA) is 9.23 Å². The number of halogens is 1. The second-order valence-corrected chi connectivity index (χ2v) is 3.29. The van der Waals surface area contributed by atoms with E-state index in [-0.39, 0.29) is 40.0 Å². The zero-order valence-corrected chi connectivity index (χ0v) is 12.6. The second-order valence-electron chi connectivity index (χ2n) is 3.29. The predicted octanol–water partition coefficient (Wildman–Crippen LogP) is -0.0126. The average molecular weight is 281 g/mol. The first-order valence-corrected chi connectivity index (χ1v) is 4.94. The number of rotatable bonds is 5. The summed E-state index contributed by atoms with van der Waals surface area (Å²) in [4.78, 5) is 0. The van der Waals surface area contributed by atoms with Crippen molar-refractivity contribution in [3.63, 3.8) is 0 Å². The molecule has 0 saturated carbocycles. The molecule has 3 heteroatoms. The third-order valence-corrected chi connectivity index (χ3v) is 1.95. The Morgan fingerprint density at radius 3 is 2.53 bits per heavy atom. The molecule has 0 bridgehead atoms. The molecule has 0 heterocycles. The van der Waals surface area contributed by atoms with Gasteiger partial charge in [0, 0.05) is 5.75 Å². The van der Waals surface area contributed by atoms with Crippen LogP contribution in [-0.4, -0.2) is 29.7 Å². The summed E-state index contributed by atoms with van der Waals surface area (Å²) in [5, 5.41) is 0. The van der Waals surface area contributed by atoms with Gasteiger partial charge in [0.25, 0.3) is 0 Å². The molecule has 1 nitrogen and oxygen atoms in total. The first-order chi connectivity index (χ1) is 6.33. The van der Waals surface area contributed by atoms with Crippen LogP contribution in [0, 0.1) is 13.0 Å². The van der Waals surface area contributed by atoms with Gasteiger partial charge in [-0.2, -0.15) is 17.7 Å². The third kappa shape index (κ3) is 8.11. The van der Waals surface area contributed by atoms with Crippen LogP contribution in [0.1, 0.15) is 31.7 Å². The first-order valence-electron chi connectivity index (χ1n) is 4.94. The normalized spacial score (nSPS) is 8.67. The summed E-state index contributed by atoms with van der Waals surface area (Å²) in [5.41, 5.74) is 1.22. The van der Waals surface area contributed by atoms with Crippen molar-refractivity contribution in [2.75, 3.05) is 6.61 Å². The molecular weight excluding hydrogens is 264 g/mol. The van der Waals surface area contributed by atoms with E-state index in [2.05, 4.69) is 19.9 Å². The van der Waals surface area contributed by atoms with Gasteiger partial charge in [0.15, 0.2) is 0 Å². The van der Waals surface area contributed by atoms with Crippen LogP contribution in [0.25, 0.3) is 0 Å². The molecule has 0 spiro atoms. The quantitative estimate of drug-likeness (QED) is 0.419. The van der Waals surface area contributed by atoms with Gasteiger partial charge in [-0.05, 0) is 6.42 Å². The van der Waals surface area contributed by atoms with Gasteiger partial charge in [0.05, 0.1) is 6.61 Å². The Kier molecular flexibility index (Phi) is 12.7. The molecule has 0 aliphatic heterocycles. The average Bonchev–Trinajstić information content (AvgIpc) is 2.15. The maximum Gasteiger partial charge on any atom is 2.00 e. The van der Waals surface area contributed by atoms with E-state index in [4.69, 9.17) is 4.74 Å². The number of unbranched alkanes of at least 4 members (excludes halogenated alkanes) is 2. The van der Waals surface area contributed by atoms with Crippen molar-refractivity contribution < 1.29 is 21.7 Å². The first kappa shape index (κ1) is 17.7. The summed E-state index contributed by atoms with van der Waals surface area (Å²) in [5.74, 6) is 0.863. The number of benzene rings is 1. The molecule has 0 aliphatic rings. The summed E-state index contributed by atoms with van der Waals surface area (Å²) in [7, 11) is 0. The monoisotopic (exact) mass is 280 g/mol. The molecule has 0 saturated heterocycles. The molecule has 0 radical (unpaired) electrons. The van der Waals surface area contributed by atoms with Crippen LogP contribution in [0.3, 0.4) is 0 Å². The van der Waals surface area contributed by atoms with Crippen molar-refractivity contribution in [3.8, 4) is 5.75 Å². The number of hydrogen-bond donors (Lipinski definition) is 0. The molecule has 0 N–H and O–H groups in total. The molecule has 0 aromatic heterocycles. The Balaban J connectivity index is 0. The summed E-state index contributed by atoms with van der Waals surface area (Å²) < 4.78 is 5.51. The maximum atomic E-state index is 5.51. The van der Waals surface area contributed by atoms with Crippen LogP contribution in [-0.2, 0) is 0 Å². The molecule has 1 aromatic carbocycles. The van der Waals surface area contributed by atoms with Crippen molar-refractivity contribution in [2.45, 2.75) is 33.1 Å². The zero-order valence-electron chi connectivity index (χ0n) is 9.55. The van der Waals surface area contributed by atoms with Gasteiger partial charge in [-0.3, -0.25) is 0 Å². The molecule has 0 fully saturated rings. The Hall–Kier alpha value is 0.266. The van der Waals surface area contributed by atoms with Crippen LogP contribution in [0.15, 0.2) is 18.2 Å². The zero-order chi connectivity index (χ0) is 9.52. The largest absolute Gasteiger partial charge is 2.00 e. The number of aryl methyl sites for hydroxylation is 1. The minimum atomic E-state index is 0. The minimum absolute atomic E-state index is 0. The molecule has 0 amide bonds. The van der Waals surface area contributed by atoms with Crippen molar-refractivity contribution >= 4 is 23.1 Å². The fraction of sp³-hybridized carbons (Fsp3) is 0.500. The van der Waals surface area contributed by atoms with Crippen molar-refractivity contribution in [3.05, 3.63) is 29.8 Å². The van der Waals surface area contributed by atoms with Crippen LogP contribution >= 0.6 is 0 Å². The van der Waals surface area contributed by atoms with E-state index in [0.717, 1.165) is 18.8 Å². The Bertz CT molecular complexity index is 236. The van der Waals surface area contributed by atoms with Gasteiger partial charge in [0.2, 0.25) is 0 Å². The van der Waals surface area contributed by atoms with Crippen molar-refractivity contribution in [1.82, 2.24) is 0 Å². The van der Waals surface area contributed by atoms with Crippen LogP contribution in [0.2, 0.25) is 0 Å². The molecular formula is C12H17BrMgO. The SMILES string of the molecule is CCCCCOc1[c-]cc(C)cc1.[Br-].[Mg+2]. The van der Waals surface area contributed by atoms with E-state index in [0.29, 0.717) is 0 Å². The molecule has 0 unspecified atom stereocenters. The van der Waals surface area contributed by atoms with Crippen LogP contribution < -0.4 is 21.7 Å². The Labute approximate surface area is 120 Å². The molecule has 0 aliphatic carbocycles. The van der Waals surface area contributed by atoms with Gasteiger partial charge < -0.3 is 21.7 Å². The summed E-state index contributed by atoms with van der Waals surface area (Å²) in [6, 6.07) is 9.07. The van der Waals surface area contributed by atoms with Gasteiger partial charge in [-0.15, -0.1) is 12.1 Å². The van der Waals surface area contributed by atoms with Gasteiger partial charge in [0.1, 0.15) is 0 Å². The molecule has 80 valence electrons. The van der Waals surface area contributed by atoms with E-state index >= 15 is 0 Å². The predicted molar refractivity (Wildman–Crippen MR) is 60.8 cm³/mol. The smallest absolute Gasteiger partial charge is 1.00 e. The maximum absolute atomic E-state index is 5.51. The summed E-state index contributed by atoms with van der Waals surface area (Å²) >= 11 is 0. The summed E-state index contributed by atoms with van der Waals surface area (Å²) in [6.45, 7) is 5.06. The fourth-order valence-corrected chi connectivity index (χ4v) is 1.11. The van der Waals surface area contributed by atoms with Gasteiger partial charge in [-0.1, -0.05) is 26.7 Å². The molecule has 0 atom stereocenters. The Morgan fingerprint density at radius 1 is 1.27 bits per heavy atom. The van der Waals surface area contributed by atoms with E-state index in [1.807, 2.05) is 18.2 Å². The van der Waals surface area contributed by atoms with Crippen molar-refractivity contribution in [2.24, 2.45) is 0 Å². The second kappa shape index (κ2) is 10.8. The van der Waals surface area contributed by atoms with E-state index in [9.17, 15) is 0 Å². The van der Waals surface area contributed by atoms with E-state index in [1.165, 1.54) is 18.4 Å². The number of hydrogen-bond acceptors (Lipinski definition) is 1. The number of ether oxygens (including phenoxy) is 1. The molecule has 1 aromatic rings. The van der Waals surface area contributed by atoms with E-state index < -0.39 is 0 Å².